The van der Waals surface area contributed by atoms with Gasteiger partial charge in [-0.1, -0.05) is 18.2 Å². The second kappa shape index (κ2) is 3.77. The van der Waals surface area contributed by atoms with Crippen LogP contribution in [0.3, 0.4) is 0 Å². The summed E-state index contributed by atoms with van der Waals surface area (Å²) in [7, 11) is 0. The van der Waals surface area contributed by atoms with Gasteiger partial charge in [0.1, 0.15) is 0 Å². The zero-order chi connectivity index (χ0) is 11.1. The van der Waals surface area contributed by atoms with Crippen LogP contribution in [0.15, 0.2) is 24.3 Å². The summed E-state index contributed by atoms with van der Waals surface area (Å²) in [5, 5.41) is 9.92. The smallest absolute Gasteiger partial charge is 0.0718 e. The Labute approximate surface area is 96.9 Å². The van der Waals surface area contributed by atoms with Gasteiger partial charge < -0.3 is 10.0 Å². The molecule has 2 nitrogen and oxygen atoms in total. The van der Waals surface area contributed by atoms with E-state index >= 15 is 0 Å². The third-order valence-electron chi connectivity index (χ3n) is 4.08. The van der Waals surface area contributed by atoms with Gasteiger partial charge in [-0.05, 0) is 44.2 Å². The molecule has 1 aliphatic heterocycles. The van der Waals surface area contributed by atoms with E-state index < -0.39 is 0 Å². The van der Waals surface area contributed by atoms with Crippen molar-refractivity contribution in [1.29, 1.82) is 0 Å². The zero-order valence-corrected chi connectivity index (χ0v) is 9.76. The Bertz CT molecular complexity index is 384. The van der Waals surface area contributed by atoms with Crippen molar-refractivity contribution in [2.75, 3.05) is 4.90 Å². The number of hydrogen-bond acceptors (Lipinski definition) is 2. The molecule has 2 atom stereocenters. The Morgan fingerprint density at radius 3 is 2.69 bits per heavy atom. The quantitative estimate of drug-likeness (QED) is 0.822. The molecule has 2 aliphatic rings. The van der Waals surface area contributed by atoms with Crippen molar-refractivity contribution in [3.8, 4) is 0 Å². The topological polar surface area (TPSA) is 23.5 Å². The van der Waals surface area contributed by atoms with Crippen molar-refractivity contribution in [2.45, 2.75) is 50.8 Å². The summed E-state index contributed by atoms with van der Waals surface area (Å²) in [6, 6.07) is 9.57. The van der Waals surface area contributed by atoms with Crippen LogP contribution >= 0.6 is 0 Å². The summed E-state index contributed by atoms with van der Waals surface area (Å²) >= 11 is 0. The summed E-state index contributed by atoms with van der Waals surface area (Å²) in [5.41, 5.74) is 2.76. The molecule has 1 fully saturated rings. The molecular formula is C14H19NO. The minimum Gasteiger partial charge on any atom is -0.391 e. The van der Waals surface area contributed by atoms with Crippen molar-refractivity contribution in [3.63, 3.8) is 0 Å². The minimum absolute atomic E-state index is 0.243. The summed E-state index contributed by atoms with van der Waals surface area (Å²) in [6.45, 7) is 1.92. The fourth-order valence-electron chi connectivity index (χ4n) is 2.97. The van der Waals surface area contributed by atoms with Gasteiger partial charge in [-0.15, -0.1) is 0 Å². The Morgan fingerprint density at radius 2 is 2.06 bits per heavy atom. The van der Waals surface area contributed by atoms with Gasteiger partial charge in [-0.3, -0.25) is 0 Å². The predicted molar refractivity (Wildman–Crippen MR) is 65.7 cm³/mol. The molecule has 0 aromatic heterocycles. The number of benzene rings is 1. The molecule has 0 radical (unpaired) electrons. The summed E-state index contributed by atoms with van der Waals surface area (Å²) < 4.78 is 0. The van der Waals surface area contributed by atoms with E-state index in [1.165, 1.54) is 30.5 Å². The number of nitrogens with zero attached hydrogens (tertiary/aromatic N) is 1. The van der Waals surface area contributed by atoms with Crippen LogP contribution in [0.4, 0.5) is 5.69 Å². The van der Waals surface area contributed by atoms with E-state index in [4.69, 9.17) is 0 Å². The van der Waals surface area contributed by atoms with Crippen LogP contribution in [0.25, 0.3) is 0 Å². The molecule has 1 aliphatic carbocycles. The standard InChI is InChI=1S/C14H19NO/c1-10(16)14-9-11-5-2-3-8-13(11)15(14)12-6-4-7-12/h2-3,5,8,10,12,14,16H,4,6-7,9H2,1H3. The molecule has 16 heavy (non-hydrogen) atoms. The molecule has 1 heterocycles. The monoisotopic (exact) mass is 217 g/mol. The number of hydrogen-bond donors (Lipinski definition) is 1. The van der Waals surface area contributed by atoms with E-state index in [2.05, 4.69) is 29.2 Å². The maximum atomic E-state index is 9.92. The predicted octanol–water partition coefficient (Wildman–Crippen LogP) is 2.35. The van der Waals surface area contributed by atoms with Crippen LogP contribution in [0.1, 0.15) is 31.7 Å². The molecule has 0 spiro atoms. The number of aliphatic hydroxyl groups is 1. The molecule has 0 saturated heterocycles. The van der Waals surface area contributed by atoms with Gasteiger partial charge in [0.2, 0.25) is 0 Å². The highest BCUT2D eigenvalue weighted by Gasteiger charge is 2.38. The molecule has 1 aromatic rings. The summed E-state index contributed by atoms with van der Waals surface area (Å²) in [5.74, 6) is 0. The lowest BCUT2D eigenvalue weighted by molar-refractivity contribution is 0.151. The molecular weight excluding hydrogens is 198 g/mol. The first kappa shape index (κ1) is 10.2. The Morgan fingerprint density at radius 1 is 1.31 bits per heavy atom. The van der Waals surface area contributed by atoms with Gasteiger partial charge in [0, 0.05) is 11.7 Å². The third kappa shape index (κ3) is 1.44. The lowest BCUT2D eigenvalue weighted by Crippen LogP contribution is -2.49. The molecule has 2 unspecified atom stereocenters. The number of para-hydroxylation sites is 1. The Kier molecular flexibility index (Phi) is 2.40. The van der Waals surface area contributed by atoms with E-state index in [0.29, 0.717) is 12.1 Å². The van der Waals surface area contributed by atoms with Crippen LogP contribution < -0.4 is 4.90 Å². The lowest BCUT2D eigenvalue weighted by Gasteiger charge is -2.41. The van der Waals surface area contributed by atoms with Gasteiger partial charge in [0.05, 0.1) is 12.1 Å². The van der Waals surface area contributed by atoms with Crippen molar-refractivity contribution in [3.05, 3.63) is 29.8 Å². The largest absolute Gasteiger partial charge is 0.391 e. The van der Waals surface area contributed by atoms with Crippen molar-refractivity contribution < 1.29 is 5.11 Å². The van der Waals surface area contributed by atoms with Crippen molar-refractivity contribution in [2.24, 2.45) is 0 Å². The number of anilines is 1. The van der Waals surface area contributed by atoms with E-state index in [0.717, 1.165) is 6.42 Å². The first-order chi connectivity index (χ1) is 7.77. The molecule has 1 aromatic carbocycles. The average molecular weight is 217 g/mol. The first-order valence-electron chi connectivity index (χ1n) is 6.31. The van der Waals surface area contributed by atoms with Crippen LogP contribution in [-0.2, 0) is 6.42 Å². The normalized spacial score (nSPS) is 26.4. The molecule has 0 bridgehead atoms. The molecule has 1 saturated carbocycles. The van der Waals surface area contributed by atoms with Crippen molar-refractivity contribution in [1.82, 2.24) is 0 Å². The second-order valence-electron chi connectivity index (χ2n) is 5.13. The maximum absolute atomic E-state index is 9.92. The van der Waals surface area contributed by atoms with Gasteiger partial charge >= 0.3 is 0 Å². The van der Waals surface area contributed by atoms with E-state index in [1.807, 2.05) is 6.92 Å². The zero-order valence-electron chi connectivity index (χ0n) is 9.76. The lowest BCUT2D eigenvalue weighted by atomic mass is 9.90. The molecule has 2 heteroatoms. The highest BCUT2D eigenvalue weighted by Crippen LogP contribution is 2.40. The third-order valence-corrected chi connectivity index (χ3v) is 4.08. The highest BCUT2D eigenvalue weighted by atomic mass is 16.3. The van der Waals surface area contributed by atoms with E-state index in [9.17, 15) is 5.11 Å². The summed E-state index contributed by atoms with van der Waals surface area (Å²) in [4.78, 5) is 2.48. The van der Waals surface area contributed by atoms with Crippen LogP contribution in [-0.4, -0.2) is 23.3 Å². The molecule has 1 N–H and O–H groups in total. The number of fused-ring (bicyclic) bond motifs is 1. The Hall–Kier alpha value is -1.02. The molecule has 0 amide bonds. The van der Waals surface area contributed by atoms with Crippen molar-refractivity contribution >= 4 is 5.69 Å². The molecule has 3 rings (SSSR count). The second-order valence-corrected chi connectivity index (χ2v) is 5.13. The molecule has 86 valence electrons. The number of rotatable bonds is 2. The van der Waals surface area contributed by atoms with Crippen LogP contribution in [0.2, 0.25) is 0 Å². The number of aliphatic hydroxyl groups excluding tert-OH is 1. The van der Waals surface area contributed by atoms with E-state index in [1.54, 1.807) is 0 Å². The average Bonchev–Trinajstić information content (AvgIpc) is 2.56. The van der Waals surface area contributed by atoms with Gasteiger partial charge in [0.15, 0.2) is 0 Å². The van der Waals surface area contributed by atoms with Gasteiger partial charge in [-0.2, -0.15) is 0 Å². The Balaban J connectivity index is 1.95. The van der Waals surface area contributed by atoms with Crippen LogP contribution in [0.5, 0.6) is 0 Å². The maximum Gasteiger partial charge on any atom is 0.0718 e. The fourth-order valence-corrected chi connectivity index (χ4v) is 2.97. The first-order valence-corrected chi connectivity index (χ1v) is 6.31. The highest BCUT2D eigenvalue weighted by molar-refractivity contribution is 5.60. The van der Waals surface area contributed by atoms with Crippen LogP contribution in [0, 0.1) is 0 Å². The fraction of sp³-hybridized carbons (Fsp3) is 0.571. The summed E-state index contributed by atoms with van der Waals surface area (Å²) in [6.07, 6.45) is 4.68. The minimum atomic E-state index is -0.243. The van der Waals surface area contributed by atoms with Gasteiger partial charge in [0.25, 0.3) is 0 Å². The van der Waals surface area contributed by atoms with E-state index in [-0.39, 0.29) is 6.10 Å². The SMILES string of the molecule is CC(O)C1Cc2ccccc2N1C1CCC1. The van der Waals surface area contributed by atoms with Gasteiger partial charge in [-0.25, -0.2) is 0 Å².